The Bertz CT molecular complexity index is 682. The monoisotopic (exact) mass is 331 g/mol. The molecule has 1 aromatic carbocycles. The number of benzene rings is 1. The van der Waals surface area contributed by atoms with E-state index in [9.17, 15) is 14.4 Å². The van der Waals surface area contributed by atoms with Gasteiger partial charge in [0.15, 0.2) is 0 Å². The first-order chi connectivity index (χ1) is 11.6. The fourth-order valence-corrected chi connectivity index (χ4v) is 3.21. The molecule has 0 saturated carbocycles. The molecule has 2 aliphatic heterocycles. The van der Waals surface area contributed by atoms with Gasteiger partial charge < -0.3 is 14.5 Å². The molecule has 0 N–H and O–H groups in total. The van der Waals surface area contributed by atoms with Gasteiger partial charge in [0.1, 0.15) is 6.54 Å². The standard InChI is InChI=1S/C17H21N3O4/c1-3-18-11-15(21)20(17(18)23)14-10-12(16(22)24-2)6-7-13(14)19-8-4-5-9-19/h6-7,10H,3-5,8-9,11H2,1-2H3. The third kappa shape index (κ3) is 2.70. The van der Waals surface area contributed by atoms with Crippen LogP contribution < -0.4 is 9.80 Å². The van der Waals surface area contributed by atoms with Crippen molar-refractivity contribution < 1.29 is 19.1 Å². The van der Waals surface area contributed by atoms with E-state index in [1.54, 1.807) is 18.2 Å². The number of likely N-dealkylation sites (N-methyl/N-ethyl adjacent to an activating group) is 1. The SMILES string of the molecule is CCN1CC(=O)N(c2cc(C(=O)OC)ccc2N2CCCC2)C1=O. The zero-order valence-corrected chi connectivity index (χ0v) is 13.9. The van der Waals surface area contributed by atoms with Crippen LogP contribution in [0.2, 0.25) is 0 Å². The first kappa shape index (κ1) is 16.3. The highest BCUT2D eigenvalue weighted by atomic mass is 16.5. The second-order valence-corrected chi connectivity index (χ2v) is 5.92. The number of ether oxygens (including phenoxy) is 1. The van der Waals surface area contributed by atoms with Gasteiger partial charge in [-0.25, -0.2) is 14.5 Å². The van der Waals surface area contributed by atoms with Gasteiger partial charge in [-0.15, -0.1) is 0 Å². The van der Waals surface area contributed by atoms with E-state index in [1.807, 2.05) is 6.92 Å². The molecule has 2 saturated heterocycles. The molecule has 0 unspecified atom stereocenters. The summed E-state index contributed by atoms with van der Waals surface area (Å²) in [4.78, 5) is 41.6. The van der Waals surface area contributed by atoms with Crippen LogP contribution in [0.25, 0.3) is 0 Å². The van der Waals surface area contributed by atoms with Crippen LogP contribution in [0.1, 0.15) is 30.1 Å². The summed E-state index contributed by atoms with van der Waals surface area (Å²) in [6.07, 6.45) is 2.14. The highest BCUT2D eigenvalue weighted by Crippen LogP contribution is 2.35. The van der Waals surface area contributed by atoms with E-state index in [2.05, 4.69) is 4.90 Å². The fraction of sp³-hybridized carbons (Fsp3) is 0.471. The molecule has 3 amide bonds. The van der Waals surface area contributed by atoms with E-state index in [-0.39, 0.29) is 18.5 Å². The molecular weight excluding hydrogens is 310 g/mol. The molecule has 1 aromatic rings. The highest BCUT2D eigenvalue weighted by Gasteiger charge is 2.38. The third-order valence-electron chi connectivity index (χ3n) is 4.50. The number of urea groups is 1. The van der Waals surface area contributed by atoms with Crippen molar-refractivity contribution in [1.82, 2.24) is 4.90 Å². The van der Waals surface area contributed by atoms with Crippen LogP contribution >= 0.6 is 0 Å². The summed E-state index contributed by atoms with van der Waals surface area (Å²) >= 11 is 0. The van der Waals surface area contributed by atoms with Crippen molar-refractivity contribution in [2.75, 3.05) is 43.1 Å². The molecule has 2 heterocycles. The molecule has 0 bridgehead atoms. The lowest BCUT2D eigenvalue weighted by atomic mass is 10.1. The van der Waals surface area contributed by atoms with Crippen molar-refractivity contribution in [3.05, 3.63) is 23.8 Å². The molecule has 0 spiro atoms. The molecule has 0 radical (unpaired) electrons. The van der Waals surface area contributed by atoms with Crippen LogP contribution in [0.15, 0.2) is 18.2 Å². The van der Waals surface area contributed by atoms with E-state index in [1.165, 1.54) is 16.9 Å². The Kier molecular flexibility index (Phi) is 4.42. The molecule has 2 fully saturated rings. The van der Waals surface area contributed by atoms with Crippen molar-refractivity contribution in [2.45, 2.75) is 19.8 Å². The summed E-state index contributed by atoms with van der Waals surface area (Å²) in [5.74, 6) is -0.764. The van der Waals surface area contributed by atoms with Gasteiger partial charge in [-0.05, 0) is 38.0 Å². The summed E-state index contributed by atoms with van der Waals surface area (Å²) in [5.41, 5.74) is 1.59. The van der Waals surface area contributed by atoms with E-state index in [4.69, 9.17) is 4.74 Å². The first-order valence-corrected chi connectivity index (χ1v) is 8.16. The Hall–Kier alpha value is -2.57. The lowest BCUT2D eigenvalue weighted by Crippen LogP contribution is -2.34. The van der Waals surface area contributed by atoms with Gasteiger partial charge in [-0.2, -0.15) is 0 Å². The fourth-order valence-electron chi connectivity index (χ4n) is 3.21. The summed E-state index contributed by atoms with van der Waals surface area (Å²) in [7, 11) is 1.31. The molecule has 24 heavy (non-hydrogen) atoms. The van der Waals surface area contributed by atoms with Crippen LogP contribution in [-0.2, 0) is 9.53 Å². The largest absolute Gasteiger partial charge is 0.465 e. The minimum absolute atomic E-state index is 0.0667. The summed E-state index contributed by atoms with van der Waals surface area (Å²) in [6.45, 7) is 4.12. The maximum absolute atomic E-state index is 12.6. The molecule has 2 aliphatic rings. The second-order valence-electron chi connectivity index (χ2n) is 5.92. The predicted molar refractivity (Wildman–Crippen MR) is 89.4 cm³/mol. The van der Waals surface area contributed by atoms with Gasteiger partial charge in [0, 0.05) is 19.6 Å². The predicted octanol–water partition coefficient (Wildman–Crippen LogP) is 1.86. The molecule has 128 valence electrons. The van der Waals surface area contributed by atoms with Crippen LogP contribution in [0.3, 0.4) is 0 Å². The molecule has 0 aliphatic carbocycles. The van der Waals surface area contributed by atoms with Crippen molar-refractivity contribution >= 4 is 29.3 Å². The molecular formula is C17H21N3O4. The Morgan fingerprint density at radius 1 is 1.17 bits per heavy atom. The number of carbonyl (C=O) groups excluding carboxylic acids is 3. The smallest absolute Gasteiger partial charge is 0.337 e. The third-order valence-corrected chi connectivity index (χ3v) is 4.50. The maximum atomic E-state index is 12.6. The number of imide groups is 1. The summed E-state index contributed by atoms with van der Waals surface area (Å²) in [6, 6.07) is 4.70. The lowest BCUT2D eigenvalue weighted by Gasteiger charge is -2.25. The van der Waals surface area contributed by atoms with Crippen LogP contribution in [0.4, 0.5) is 16.2 Å². The van der Waals surface area contributed by atoms with Crippen LogP contribution in [0.5, 0.6) is 0 Å². The van der Waals surface area contributed by atoms with Crippen LogP contribution in [0, 0.1) is 0 Å². The number of esters is 1. The van der Waals surface area contributed by atoms with Gasteiger partial charge in [-0.3, -0.25) is 4.79 Å². The number of nitrogens with zero attached hydrogens (tertiary/aromatic N) is 3. The molecule has 3 rings (SSSR count). The molecule has 0 atom stereocenters. The van der Waals surface area contributed by atoms with Crippen molar-refractivity contribution in [2.24, 2.45) is 0 Å². The minimum Gasteiger partial charge on any atom is -0.465 e. The Labute approximate surface area is 140 Å². The quantitative estimate of drug-likeness (QED) is 0.622. The molecule has 0 aromatic heterocycles. The average molecular weight is 331 g/mol. The Morgan fingerprint density at radius 2 is 1.88 bits per heavy atom. The zero-order chi connectivity index (χ0) is 17.3. The number of rotatable bonds is 4. The van der Waals surface area contributed by atoms with Gasteiger partial charge in [0.2, 0.25) is 0 Å². The minimum atomic E-state index is -0.490. The van der Waals surface area contributed by atoms with Gasteiger partial charge in [0.25, 0.3) is 5.91 Å². The van der Waals surface area contributed by atoms with E-state index in [0.29, 0.717) is 17.8 Å². The number of amides is 3. The normalized spacial score (nSPS) is 17.8. The van der Waals surface area contributed by atoms with Gasteiger partial charge in [-0.1, -0.05) is 0 Å². The number of methoxy groups -OCH3 is 1. The Morgan fingerprint density at radius 3 is 2.46 bits per heavy atom. The number of hydrogen-bond acceptors (Lipinski definition) is 5. The van der Waals surface area contributed by atoms with Gasteiger partial charge in [0.05, 0.1) is 24.0 Å². The lowest BCUT2D eigenvalue weighted by molar-refractivity contribution is -0.116. The van der Waals surface area contributed by atoms with E-state index < -0.39 is 5.97 Å². The number of hydrogen-bond donors (Lipinski definition) is 0. The van der Waals surface area contributed by atoms with Gasteiger partial charge >= 0.3 is 12.0 Å². The average Bonchev–Trinajstić information content (AvgIpc) is 3.21. The van der Waals surface area contributed by atoms with Crippen molar-refractivity contribution in [3.8, 4) is 0 Å². The van der Waals surface area contributed by atoms with E-state index in [0.717, 1.165) is 31.6 Å². The second kappa shape index (κ2) is 6.51. The van der Waals surface area contributed by atoms with E-state index >= 15 is 0 Å². The molecule has 7 nitrogen and oxygen atoms in total. The number of carbonyl (C=O) groups is 3. The zero-order valence-electron chi connectivity index (χ0n) is 13.9. The molecule has 7 heteroatoms. The first-order valence-electron chi connectivity index (χ1n) is 8.16. The van der Waals surface area contributed by atoms with Crippen LogP contribution in [-0.4, -0.2) is 56.1 Å². The summed E-state index contributed by atoms with van der Waals surface area (Å²) in [5, 5.41) is 0. The Balaban J connectivity index is 2.07. The van der Waals surface area contributed by atoms with Crippen molar-refractivity contribution in [1.29, 1.82) is 0 Å². The number of anilines is 2. The van der Waals surface area contributed by atoms with Crippen molar-refractivity contribution in [3.63, 3.8) is 0 Å². The topological polar surface area (TPSA) is 70.2 Å². The highest BCUT2D eigenvalue weighted by molar-refractivity contribution is 6.21. The maximum Gasteiger partial charge on any atom is 0.337 e. The summed E-state index contributed by atoms with van der Waals surface area (Å²) < 4.78 is 4.76.